The van der Waals surface area contributed by atoms with Gasteiger partial charge in [0.25, 0.3) is 0 Å². The summed E-state index contributed by atoms with van der Waals surface area (Å²) < 4.78 is 26.4. The molecule has 3 rings (SSSR count). The first-order valence-corrected chi connectivity index (χ1v) is 11.9. The Morgan fingerprint density at radius 3 is 2.38 bits per heavy atom. The van der Waals surface area contributed by atoms with Crippen molar-refractivity contribution in [2.75, 3.05) is 19.8 Å². The van der Waals surface area contributed by atoms with Crippen molar-refractivity contribution < 1.29 is 74.1 Å². The molecule has 218 valence electrons. The topological polar surface area (TPSA) is 242 Å². The van der Waals surface area contributed by atoms with E-state index >= 15 is 0 Å². The molecular formula is C24H32O15. The Morgan fingerprint density at radius 1 is 1.05 bits per heavy atom. The van der Waals surface area contributed by atoms with E-state index in [1.807, 2.05) is 0 Å². The number of aldehydes is 1. The SMILES string of the molecule is O=C[C@H](O)[C@@H](O)[C@@H](CO)O[C@@H]1OC[C@@H](O)[C@H](O[C@@H]2O[C@@H](COC(=O)/C=C/c3ccc(O)cc3)[C@H](O)[C@H]2O)[C@H]1O. The van der Waals surface area contributed by atoms with Gasteiger partial charge in [0.2, 0.25) is 0 Å². The van der Waals surface area contributed by atoms with Gasteiger partial charge in [-0.25, -0.2) is 4.79 Å². The molecule has 39 heavy (non-hydrogen) atoms. The number of phenolic OH excluding ortho intramolecular Hbond substituents is 1. The Balaban J connectivity index is 1.55. The Kier molecular flexibility index (Phi) is 11.3. The van der Waals surface area contributed by atoms with Crippen LogP contribution in [0.3, 0.4) is 0 Å². The van der Waals surface area contributed by atoms with Crippen LogP contribution in [0.25, 0.3) is 6.08 Å². The Labute approximate surface area is 222 Å². The van der Waals surface area contributed by atoms with Crippen LogP contribution >= 0.6 is 0 Å². The predicted molar refractivity (Wildman–Crippen MR) is 125 cm³/mol. The van der Waals surface area contributed by atoms with Crippen molar-refractivity contribution >= 4 is 18.3 Å². The number of aliphatic hydroxyl groups excluding tert-OH is 7. The molecule has 0 bridgehead atoms. The second kappa shape index (κ2) is 14.2. The van der Waals surface area contributed by atoms with Crippen molar-refractivity contribution in [3.8, 4) is 5.75 Å². The van der Waals surface area contributed by atoms with Crippen LogP contribution in [0.4, 0.5) is 0 Å². The highest BCUT2D eigenvalue weighted by Gasteiger charge is 2.49. The van der Waals surface area contributed by atoms with E-state index in [-0.39, 0.29) is 12.0 Å². The number of carbonyl (C=O) groups is 2. The van der Waals surface area contributed by atoms with Gasteiger partial charge < -0.3 is 69.3 Å². The molecule has 2 fully saturated rings. The lowest BCUT2D eigenvalue weighted by Crippen LogP contribution is -2.58. The van der Waals surface area contributed by atoms with Gasteiger partial charge in [0.15, 0.2) is 18.9 Å². The number of phenols is 1. The highest BCUT2D eigenvalue weighted by molar-refractivity contribution is 5.87. The monoisotopic (exact) mass is 560 g/mol. The van der Waals surface area contributed by atoms with Crippen LogP contribution < -0.4 is 0 Å². The zero-order valence-electron chi connectivity index (χ0n) is 20.4. The van der Waals surface area contributed by atoms with Crippen molar-refractivity contribution in [2.24, 2.45) is 0 Å². The number of rotatable bonds is 12. The quantitative estimate of drug-likeness (QED) is 0.0693. The first-order chi connectivity index (χ1) is 18.5. The van der Waals surface area contributed by atoms with Crippen molar-refractivity contribution in [1.29, 1.82) is 0 Å². The molecule has 2 aliphatic heterocycles. The van der Waals surface area contributed by atoms with E-state index in [4.69, 9.17) is 23.7 Å². The lowest BCUT2D eigenvalue weighted by atomic mass is 10.0. The average Bonchev–Trinajstić information content (AvgIpc) is 3.20. The zero-order chi connectivity index (χ0) is 28.7. The summed E-state index contributed by atoms with van der Waals surface area (Å²) in [5, 5.41) is 79.6. The maximum atomic E-state index is 12.0. The number of aliphatic hydroxyl groups is 7. The second-order valence-corrected chi connectivity index (χ2v) is 8.91. The fourth-order valence-electron chi connectivity index (χ4n) is 3.85. The van der Waals surface area contributed by atoms with Crippen molar-refractivity contribution in [3.63, 3.8) is 0 Å². The van der Waals surface area contributed by atoms with Crippen molar-refractivity contribution in [1.82, 2.24) is 0 Å². The maximum absolute atomic E-state index is 12.0. The van der Waals surface area contributed by atoms with Crippen molar-refractivity contribution in [2.45, 2.75) is 67.5 Å². The highest BCUT2D eigenvalue weighted by Crippen LogP contribution is 2.28. The summed E-state index contributed by atoms with van der Waals surface area (Å²) in [5.74, 6) is -0.725. The molecule has 8 N–H and O–H groups in total. The van der Waals surface area contributed by atoms with Crippen LogP contribution in [0.15, 0.2) is 30.3 Å². The summed E-state index contributed by atoms with van der Waals surface area (Å²) in [6.45, 7) is -1.80. The number of aromatic hydroxyl groups is 1. The van der Waals surface area contributed by atoms with E-state index in [1.54, 1.807) is 12.1 Å². The van der Waals surface area contributed by atoms with Crippen LogP contribution in [0, 0.1) is 0 Å². The summed E-state index contributed by atoms with van der Waals surface area (Å²) in [4.78, 5) is 22.7. The summed E-state index contributed by atoms with van der Waals surface area (Å²) in [7, 11) is 0. The minimum absolute atomic E-state index is 0.0222. The minimum atomic E-state index is -1.89. The highest BCUT2D eigenvalue weighted by atomic mass is 16.7. The Morgan fingerprint density at radius 2 is 1.74 bits per heavy atom. The molecule has 0 aliphatic carbocycles. The lowest BCUT2D eigenvalue weighted by molar-refractivity contribution is -0.322. The largest absolute Gasteiger partial charge is 0.508 e. The van der Waals surface area contributed by atoms with Crippen LogP contribution in [0.2, 0.25) is 0 Å². The van der Waals surface area contributed by atoms with Gasteiger partial charge in [0, 0.05) is 6.08 Å². The number of carbonyl (C=O) groups excluding carboxylic acids is 2. The van der Waals surface area contributed by atoms with Crippen LogP contribution in [0.1, 0.15) is 5.56 Å². The lowest BCUT2D eigenvalue weighted by Gasteiger charge is -2.40. The van der Waals surface area contributed by atoms with Gasteiger partial charge in [-0.2, -0.15) is 0 Å². The molecule has 2 saturated heterocycles. The molecule has 1 aromatic rings. The van der Waals surface area contributed by atoms with E-state index in [1.165, 1.54) is 18.2 Å². The number of hydrogen-bond acceptors (Lipinski definition) is 15. The van der Waals surface area contributed by atoms with Crippen LogP contribution in [-0.4, -0.2) is 140 Å². The molecule has 0 radical (unpaired) electrons. The molecular weight excluding hydrogens is 528 g/mol. The van der Waals surface area contributed by atoms with Gasteiger partial charge in [0.1, 0.15) is 67.3 Å². The molecule has 2 heterocycles. The maximum Gasteiger partial charge on any atom is 0.330 e. The fourth-order valence-corrected chi connectivity index (χ4v) is 3.85. The molecule has 2 aliphatic rings. The minimum Gasteiger partial charge on any atom is -0.508 e. The normalized spacial score (nSPS) is 33.5. The average molecular weight is 561 g/mol. The summed E-state index contributed by atoms with van der Waals surface area (Å²) in [6, 6.07) is 6.00. The van der Waals surface area contributed by atoms with E-state index < -0.39 is 93.3 Å². The number of hydrogen-bond donors (Lipinski definition) is 8. The Bertz CT molecular complexity index is 955. The molecule has 0 aromatic heterocycles. The molecule has 0 saturated carbocycles. The standard InChI is InChI=1S/C24H32O15/c25-7-13(28)18(31)15(8-26)37-23-21(34)22(14(29)9-36-23)39-24-20(33)19(32)16(38-24)10-35-17(30)6-3-11-1-4-12(27)5-2-11/h1-7,13-16,18-24,26-29,31-34H,8-10H2/b6-3+/t13-,14+,15+,16-,18+,19-,20+,21+,22-,23-,24-/m0/s1. The summed E-state index contributed by atoms with van der Waals surface area (Å²) in [6.07, 6.45) is -15.2. The molecule has 0 spiro atoms. The molecule has 0 amide bonds. The summed E-state index contributed by atoms with van der Waals surface area (Å²) >= 11 is 0. The molecule has 15 nitrogen and oxygen atoms in total. The molecule has 11 atom stereocenters. The van der Waals surface area contributed by atoms with Gasteiger partial charge in [0.05, 0.1) is 13.2 Å². The fraction of sp³-hybridized carbons (Fsp3) is 0.583. The first-order valence-electron chi connectivity index (χ1n) is 11.9. The zero-order valence-corrected chi connectivity index (χ0v) is 20.4. The van der Waals surface area contributed by atoms with Gasteiger partial charge in [-0.05, 0) is 23.8 Å². The van der Waals surface area contributed by atoms with Crippen molar-refractivity contribution in [3.05, 3.63) is 35.9 Å². The third-order valence-electron chi connectivity index (χ3n) is 6.09. The third kappa shape index (κ3) is 8.00. The Hall–Kier alpha value is -2.54. The van der Waals surface area contributed by atoms with Crippen LogP contribution in [-0.2, 0) is 33.3 Å². The molecule has 0 unspecified atom stereocenters. The van der Waals surface area contributed by atoms with Gasteiger partial charge in [-0.15, -0.1) is 0 Å². The molecule has 15 heteroatoms. The van der Waals surface area contributed by atoms with E-state index in [2.05, 4.69) is 0 Å². The number of benzene rings is 1. The third-order valence-corrected chi connectivity index (χ3v) is 6.09. The van der Waals surface area contributed by atoms with Gasteiger partial charge >= 0.3 is 5.97 Å². The van der Waals surface area contributed by atoms with Crippen LogP contribution in [0.5, 0.6) is 5.75 Å². The first kappa shape index (κ1) is 31.0. The smallest absolute Gasteiger partial charge is 0.330 e. The van der Waals surface area contributed by atoms with E-state index in [0.29, 0.717) is 5.56 Å². The van der Waals surface area contributed by atoms with Gasteiger partial charge in [-0.1, -0.05) is 12.1 Å². The number of esters is 1. The van der Waals surface area contributed by atoms with Gasteiger partial charge in [-0.3, -0.25) is 0 Å². The van der Waals surface area contributed by atoms with E-state index in [0.717, 1.165) is 6.08 Å². The number of ether oxygens (including phenoxy) is 5. The molecule has 1 aromatic carbocycles. The second-order valence-electron chi connectivity index (χ2n) is 8.91. The summed E-state index contributed by atoms with van der Waals surface area (Å²) in [5.41, 5.74) is 0.612. The van der Waals surface area contributed by atoms with E-state index in [9.17, 15) is 50.4 Å². The predicted octanol–water partition coefficient (Wildman–Crippen LogP) is -3.84.